The Morgan fingerprint density at radius 2 is 2.11 bits per heavy atom. The third-order valence-corrected chi connectivity index (χ3v) is 3.44. The first-order valence-electron chi connectivity index (χ1n) is 6.90. The molecule has 1 aliphatic rings. The van der Waals surface area contributed by atoms with Crippen LogP contribution in [0.5, 0.6) is 0 Å². The minimum atomic E-state index is -0.204. The fraction of sp³-hybridized carbons (Fsp3) is 0.571. The van der Waals surface area contributed by atoms with Crippen LogP contribution in [0.4, 0.5) is 11.5 Å². The van der Waals surface area contributed by atoms with Gasteiger partial charge in [0.15, 0.2) is 0 Å². The molecule has 1 aromatic heterocycles. The Kier molecular flexibility index (Phi) is 4.60. The van der Waals surface area contributed by atoms with E-state index in [0.717, 1.165) is 37.4 Å². The highest BCUT2D eigenvalue weighted by Gasteiger charge is 2.21. The number of aromatic nitrogens is 1. The maximum absolute atomic E-state index is 12.3. The lowest BCUT2D eigenvalue weighted by Gasteiger charge is -2.29. The maximum atomic E-state index is 12.3. The van der Waals surface area contributed by atoms with Crippen LogP contribution >= 0.6 is 0 Å². The van der Waals surface area contributed by atoms with Gasteiger partial charge in [0.1, 0.15) is 11.9 Å². The van der Waals surface area contributed by atoms with Gasteiger partial charge in [-0.15, -0.1) is 0 Å². The summed E-state index contributed by atoms with van der Waals surface area (Å²) in [4.78, 5) is 18.4. The molecule has 1 saturated heterocycles. The minimum absolute atomic E-state index is 0.183. The molecule has 1 amide bonds. The Labute approximate surface area is 114 Å². The molecule has 0 aliphatic carbocycles. The number of hydrogen-bond donors (Lipinski definition) is 2. The molecule has 0 spiro atoms. The number of piperidine rings is 1. The van der Waals surface area contributed by atoms with E-state index in [9.17, 15) is 4.79 Å². The Hall–Kier alpha value is -1.78. The highest BCUT2D eigenvalue weighted by atomic mass is 16.2. The van der Waals surface area contributed by atoms with Gasteiger partial charge in [-0.1, -0.05) is 0 Å². The topological polar surface area (TPSA) is 57.3 Å². The molecule has 0 bridgehead atoms. The normalized spacial score (nSPS) is 16.8. The fourth-order valence-corrected chi connectivity index (χ4v) is 2.36. The average molecular weight is 262 g/mol. The van der Waals surface area contributed by atoms with Crippen LogP contribution in [0, 0.1) is 0 Å². The van der Waals surface area contributed by atoms with Crippen molar-refractivity contribution in [3.8, 4) is 0 Å². The molecule has 104 valence electrons. The molecule has 0 saturated carbocycles. The number of rotatable bonds is 4. The lowest BCUT2D eigenvalue weighted by atomic mass is 10.1. The maximum Gasteiger partial charge on any atom is 0.244 e. The third-order valence-electron chi connectivity index (χ3n) is 3.44. The van der Waals surface area contributed by atoms with Gasteiger partial charge < -0.3 is 15.5 Å². The largest absolute Gasteiger partial charge is 0.374 e. The van der Waals surface area contributed by atoms with Crippen molar-refractivity contribution in [3.63, 3.8) is 0 Å². The lowest BCUT2D eigenvalue weighted by Crippen LogP contribution is -2.43. The first kappa shape index (κ1) is 13.6. The van der Waals surface area contributed by atoms with E-state index in [4.69, 9.17) is 0 Å². The van der Waals surface area contributed by atoms with Crippen molar-refractivity contribution in [2.24, 2.45) is 0 Å². The molecule has 19 heavy (non-hydrogen) atoms. The van der Waals surface area contributed by atoms with Crippen molar-refractivity contribution in [2.75, 3.05) is 30.8 Å². The van der Waals surface area contributed by atoms with Gasteiger partial charge in [-0.05, 0) is 32.3 Å². The Morgan fingerprint density at radius 3 is 2.79 bits per heavy atom. The summed E-state index contributed by atoms with van der Waals surface area (Å²) in [5.41, 5.74) is 0.914. The Balaban J connectivity index is 1.95. The average Bonchev–Trinajstić information content (AvgIpc) is 2.47. The van der Waals surface area contributed by atoms with Gasteiger partial charge in [0.05, 0.1) is 0 Å². The summed E-state index contributed by atoms with van der Waals surface area (Å²) in [6.07, 6.45) is 5.21. The molecule has 2 heterocycles. The number of likely N-dealkylation sites (tertiary alicyclic amines) is 1. The number of carbonyl (C=O) groups excluding carboxylic acids is 1. The van der Waals surface area contributed by atoms with E-state index in [1.807, 2.05) is 31.0 Å². The second-order valence-electron chi connectivity index (χ2n) is 4.93. The fourth-order valence-electron chi connectivity index (χ4n) is 2.36. The van der Waals surface area contributed by atoms with Gasteiger partial charge in [0.2, 0.25) is 5.91 Å². The van der Waals surface area contributed by atoms with Crippen LogP contribution in [0.25, 0.3) is 0 Å². The molecule has 1 atom stereocenters. The van der Waals surface area contributed by atoms with Crippen LogP contribution in [0.1, 0.15) is 26.2 Å². The molecular formula is C14H22N4O. The number of anilines is 2. The highest BCUT2D eigenvalue weighted by molar-refractivity contribution is 5.84. The molecule has 0 radical (unpaired) electrons. The van der Waals surface area contributed by atoms with E-state index >= 15 is 0 Å². The predicted octanol–water partition coefficient (Wildman–Crippen LogP) is 1.94. The molecular weight excluding hydrogens is 240 g/mol. The van der Waals surface area contributed by atoms with Crippen molar-refractivity contribution in [1.29, 1.82) is 0 Å². The van der Waals surface area contributed by atoms with E-state index in [-0.39, 0.29) is 11.9 Å². The van der Waals surface area contributed by atoms with Crippen molar-refractivity contribution in [3.05, 3.63) is 18.3 Å². The van der Waals surface area contributed by atoms with Gasteiger partial charge >= 0.3 is 0 Å². The van der Waals surface area contributed by atoms with Crippen LogP contribution < -0.4 is 10.6 Å². The summed E-state index contributed by atoms with van der Waals surface area (Å²) in [5.74, 6) is 0.977. The van der Waals surface area contributed by atoms with Crippen LogP contribution in [0.3, 0.4) is 0 Å². The van der Waals surface area contributed by atoms with Gasteiger partial charge in [0.25, 0.3) is 0 Å². The molecule has 2 rings (SSSR count). The minimum Gasteiger partial charge on any atom is -0.374 e. The van der Waals surface area contributed by atoms with E-state index in [2.05, 4.69) is 15.6 Å². The number of carbonyl (C=O) groups is 1. The summed E-state index contributed by atoms with van der Waals surface area (Å²) in [6.45, 7) is 3.70. The second kappa shape index (κ2) is 6.41. The first-order chi connectivity index (χ1) is 9.20. The van der Waals surface area contributed by atoms with Gasteiger partial charge in [0, 0.05) is 38.1 Å². The Bertz CT molecular complexity index is 429. The Morgan fingerprint density at radius 1 is 1.37 bits per heavy atom. The van der Waals surface area contributed by atoms with Gasteiger partial charge in [-0.25, -0.2) is 4.98 Å². The number of amides is 1. The number of hydrogen-bond acceptors (Lipinski definition) is 4. The zero-order valence-corrected chi connectivity index (χ0v) is 11.6. The van der Waals surface area contributed by atoms with Crippen molar-refractivity contribution in [2.45, 2.75) is 32.2 Å². The summed E-state index contributed by atoms with van der Waals surface area (Å²) in [7, 11) is 1.83. The zero-order chi connectivity index (χ0) is 13.7. The lowest BCUT2D eigenvalue weighted by molar-refractivity contribution is -0.132. The molecule has 0 aromatic carbocycles. The van der Waals surface area contributed by atoms with Crippen molar-refractivity contribution >= 4 is 17.4 Å². The summed E-state index contributed by atoms with van der Waals surface area (Å²) in [6, 6.07) is 3.58. The second-order valence-corrected chi connectivity index (χ2v) is 4.93. The summed E-state index contributed by atoms with van der Waals surface area (Å²) in [5, 5.41) is 6.23. The van der Waals surface area contributed by atoms with Gasteiger partial charge in [-0.3, -0.25) is 4.79 Å². The van der Waals surface area contributed by atoms with Crippen LogP contribution in [0.2, 0.25) is 0 Å². The first-order valence-corrected chi connectivity index (χ1v) is 6.90. The molecule has 5 nitrogen and oxygen atoms in total. The number of pyridine rings is 1. The molecule has 1 fully saturated rings. The number of nitrogens with one attached hydrogen (secondary N) is 2. The molecule has 1 aromatic rings. The summed E-state index contributed by atoms with van der Waals surface area (Å²) < 4.78 is 0. The molecule has 1 aliphatic heterocycles. The van der Waals surface area contributed by atoms with E-state index in [1.54, 1.807) is 6.20 Å². The molecule has 5 heteroatoms. The molecule has 2 N–H and O–H groups in total. The van der Waals surface area contributed by atoms with Crippen LogP contribution in [-0.2, 0) is 4.79 Å². The predicted molar refractivity (Wildman–Crippen MR) is 77.3 cm³/mol. The van der Waals surface area contributed by atoms with E-state index < -0.39 is 0 Å². The highest BCUT2D eigenvalue weighted by Crippen LogP contribution is 2.15. The summed E-state index contributed by atoms with van der Waals surface area (Å²) >= 11 is 0. The quantitative estimate of drug-likeness (QED) is 0.870. The van der Waals surface area contributed by atoms with E-state index in [0.29, 0.717) is 0 Å². The monoisotopic (exact) mass is 262 g/mol. The SMILES string of the molecule is CNc1cc(NC(C)C(=O)N2CCCCC2)ccn1. The molecule has 1 unspecified atom stereocenters. The van der Waals surface area contributed by atoms with Crippen LogP contribution in [0.15, 0.2) is 18.3 Å². The standard InChI is InChI=1S/C14H22N4O/c1-11(14(19)18-8-4-3-5-9-18)17-12-6-7-16-13(10-12)15-2/h6-7,10-11H,3-5,8-9H2,1-2H3,(H2,15,16,17). The van der Waals surface area contributed by atoms with Crippen molar-refractivity contribution < 1.29 is 4.79 Å². The smallest absolute Gasteiger partial charge is 0.244 e. The number of nitrogens with zero attached hydrogens (tertiary/aromatic N) is 2. The van der Waals surface area contributed by atoms with Gasteiger partial charge in [-0.2, -0.15) is 0 Å². The third kappa shape index (κ3) is 3.59. The van der Waals surface area contributed by atoms with Crippen molar-refractivity contribution in [1.82, 2.24) is 9.88 Å². The van der Waals surface area contributed by atoms with E-state index in [1.165, 1.54) is 6.42 Å². The van der Waals surface area contributed by atoms with Crippen LogP contribution in [-0.4, -0.2) is 42.0 Å². The zero-order valence-electron chi connectivity index (χ0n) is 11.6.